The molecule has 2 aromatic carbocycles. The Hall–Kier alpha value is -3.88. The fourth-order valence-electron chi connectivity index (χ4n) is 2.77. The first-order chi connectivity index (χ1) is 14.8. The molecule has 9 heteroatoms. The number of halogens is 2. The van der Waals surface area contributed by atoms with E-state index in [4.69, 9.17) is 0 Å². The van der Waals surface area contributed by atoms with E-state index in [0.29, 0.717) is 11.3 Å². The van der Waals surface area contributed by atoms with Gasteiger partial charge >= 0.3 is 0 Å². The molecular formula is C22H20F2N4O3. The second kappa shape index (κ2) is 9.29. The molecule has 0 radical (unpaired) electrons. The van der Waals surface area contributed by atoms with E-state index < -0.39 is 35.3 Å². The van der Waals surface area contributed by atoms with Crippen molar-refractivity contribution in [3.05, 3.63) is 76.1 Å². The molecule has 1 aromatic heterocycles. The molecule has 7 nitrogen and oxygen atoms in total. The molecule has 0 saturated carbocycles. The van der Waals surface area contributed by atoms with Crippen LogP contribution in [-0.4, -0.2) is 21.6 Å². The zero-order valence-electron chi connectivity index (χ0n) is 16.9. The third-order valence-electron chi connectivity index (χ3n) is 4.44. The highest BCUT2D eigenvalue weighted by Gasteiger charge is 2.17. The SMILES string of the molecule is CCC(=O)Nc1cc(-c2ccc(C)cc2)nn(CC(=O)Nc2c(F)cccc2F)c1=O. The largest absolute Gasteiger partial charge is 0.321 e. The lowest BCUT2D eigenvalue weighted by Gasteiger charge is -2.12. The molecule has 2 amide bonds. The average molecular weight is 426 g/mol. The van der Waals surface area contributed by atoms with Crippen LogP contribution in [-0.2, 0) is 16.1 Å². The summed E-state index contributed by atoms with van der Waals surface area (Å²) in [6, 6.07) is 11.9. The topological polar surface area (TPSA) is 93.1 Å². The number of anilines is 2. The lowest BCUT2D eigenvalue weighted by atomic mass is 10.1. The highest BCUT2D eigenvalue weighted by Crippen LogP contribution is 2.20. The summed E-state index contributed by atoms with van der Waals surface area (Å²) in [5.41, 5.74) is 0.629. The molecule has 0 aliphatic heterocycles. The molecule has 160 valence electrons. The molecule has 0 aliphatic carbocycles. The van der Waals surface area contributed by atoms with Crippen LogP contribution in [0, 0.1) is 18.6 Å². The third-order valence-corrected chi connectivity index (χ3v) is 4.44. The van der Waals surface area contributed by atoms with E-state index in [1.54, 1.807) is 19.1 Å². The molecule has 0 spiro atoms. The number of rotatable bonds is 6. The number of amides is 2. The quantitative estimate of drug-likeness (QED) is 0.631. The Morgan fingerprint density at radius 3 is 2.26 bits per heavy atom. The van der Waals surface area contributed by atoms with Crippen LogP contribution in [0.25, 0.3) is 11.3 Å². The third kappa shape index (κ3) is 5.19. The molecular weight excluding hydrogens is 406 g/mol. The lowest BCUT2D eigenvalue weighted by molar-refractivity contribution is -0.117. The molecule has 31 heavy (non-hydrogen) atoms. The van der Waals surface area contributed by atoms with Gasteiger partial charge in [-0.15, -0.1) is 0 Å². The monoisotopic (exact) mass is 426 g/mol. The van der Waals surface area contributed by atoms with Gasteiger partial charge < -0.3 is 10.6 Å². The van der Waals surface area contributed by atoms with Crippen LogP contribution in [0.1, 0.15) is 18.9 Å². The van der Waals surface area contributed by atoms with Crippen molar-refractivity contribution in [3.8, 4) is 11.3 Å². The predicted octanol–water partition coefficient (Wildman–Crippen LogP) is 3.48. The Balaban J connectivity index is 1.97. The van der Waals surface area contributed by atoms with Gasteiger partial charge in [-0.1, -0.05) is 42.8 Å². The number of carbonyl (C=O) groups is 2. The van der Waals surface area contributed by atoms with Gasteiger partial charge in [0.2, 0.25) is 11.8 Å². The minimum Gasteiger partial charge on any atom is -0.321 e. The van der Waals surface area contributed by atoms with Crippen molar-refractivity contribution in [3.63, 3.8) is 0 Å². The second-order valence-electron chi connectivity index (χ2n) is 6.82. The fraction of sp³-hybridized carbons (Fsp3) is 0.182. The van der Waals surface area contributed by atoms with Crippen molar-refractivity contribution in [2.45, 2.75) is 26.8 Å². The number of para-hydroxylation sites is 1. The molecule has 0 fully saturated rings. The van der Waals surface area contributed by atoms with Gasteiger partial charge in [-0.25, -0.2) is 13.5 Å². The van der Waals surface area contributed by atoms with Gasteiger partial charge in [0.1, 0.15) is 29.6 Å². The Kier molecular flexibility index (Phi) is 6.54. The second-order valence-corrected chi connectivity index (χ2v) is 6.82. The van der Waals surface area contributed by atoms with Crippen molar-refractivity contribution in [2.24, 2.45) is 0 Å². The normalized spacial score (nSPS) is 10.6. The number of hydrogen-bond donors (Lipinski definition) is 2. The summed E-state index contributed by atoms with van der Waals surface area (Å²) in [6.07, 6.45) is 0.147. The van der Waals surface area contributed by atoms with Crippen LogP contribution in [0.3, 0.4) is 0 Å². The summed E-state index contributed by atoms with van der Waals surface area (Å²) in [7, 11) is 0. The number of carbonyl (C=O) groups excluding carboxylic acids is 2. The highest BCUT2D eigenvalue weighted by atomic mass is 19.1. The zero-order chi connectivity index (χ0) is 22.5. The van der Waals surface area contributed by atoms with Crippen molar-refractivity contribution >= 4 is 23.2 Å². The van der Waals surface area contributed by atoms with E-state index in [1.165, 1.54) is 12.1 Å². The number of benzene rings is 2. The van der Waals surface area contributed by atoms with E-state index in [9.17, 15) is 23.2 Å². The Morgan fingerprint density at radius 1 is 1.00 bits per heavy atom. The van der Waals surface area contributed by atoms with Crippen LogP contribution in [0.15, 0.2) is 53.3 Å². The van der Waals surface area contributed by atoms with E-state index in [-0.39, 0.29) is 18.0 Å². The molecule has 2 N–H and O–H groups in total. The predicted molar refractivity (Wildman–Crippen MR) is 113 cm³/mol. The van der Waals surface area contributed by atoms with Crippen LogP contribution >= 0.6 is 0 Å². The van der Waals surface area contributed by atoms with E-state index >= 15 is 0 Å². The van der Waals surface area contributed by atoms with Crippen LogP contribution in [0.5, 0.6) is 0 Å². The Bertz CT molecular complexity index is 1170. The molecule has 1 heterocycles. The molecule has 0 atom stereocenters. The highest BCUT2D eigenvalue weighted by molar-refractivity contribution is 5.92. The molecule has 3 aromatic rings. The standard InChI is InChI=1S/C22H20F2N4O3/c1-3-19(29)25-18-11-17(14-9-7-13(2)8-10-14)27-28(22(18)31)12-20(30)26-21-15(23)5-4-6-16(21)24/h4-11H,3,12H2,1-2H3,(H,25,29)(H,26,30). The van der Waals surface area contributed by atoms with Gasteiger partial charge in [0, 0.05) is 12.0 Å². The first-order valence-electron chi connectivity index (χ1n) is 9.51. The van der Waals surface area contributed by atoms with Crippen LogP contribution in [0.4, 0.5) is 20.2 Å². The number of nitrogens with one attached hydrogen (secondary N) is 2. The number of hydrogen-bond acceptors (Lipinski definition) is 4. The van der Waals surface area contributed by atoms with Crippen molar-refractivity contribution < 1.29 is 18.4 Å². The Morgan fingerprint density at radius 2 is 1.65 bits per heavy atom. The van der Waals surface area contributed by atoms with Gasteiger partial charge in [-0.2, -0.15) is 5.10 Å². The van der Waals surface area contributed by atoms with Gasteiger partial charge in [0.15, 0.2) is 0 Å². The maximum absolute atomic E-state index is 13.8. The molecule has 0 aliphatic rings. The fourth-order valence-corrected chi connectivity index (χ4v) is 2.77. The summed E-state index contributed by atoms with van der Waals surface area (Å²) < 4.78 is 28.5. The summed E-state index contributed by atoms with van der Waals surface area (Å²) >= 11 is 0. The van der Waals surface area contributed by atoms with Gasteiger partial charge in [0.05, 0.1) is 5.69 Å². The number of nitrogens with zero attached hydrogens (tertiary/aromatic N) is 2. The first-order valence-corrected chi connectivity index (χ1v) is 9.51. The van der Waals surface area contributed by atoms with Crippen molar-refractivity contribution in [1.29, 1.82) is 0 Å². The van der Waals surface area contributed by atoms with E-state index in [0.717, 1.165) is 22.4 Å². The maximum Gasteiger partial charge on any atom is 0.291 e. The summed E-state index contributed by atoms with van der Waals surface area (Å²) in [4.78, 5) is 37.0. The number of aromatic nitrogens is 2. The summed E-state index contributed by atoms with van der Waals surface area (Å²) in [5.74, 6) is -3.13. The molecule has 0 bridgehead atoms. The summed E-state index contributed by atoms with van der Waals surface area (Å²) in [5, 5.41) is 8.81. The lowest BCUT2D eigenvalue weighted by Crippen LogP contribution is -2.32. The minimum absolute atomic E-state index is 0.0534. The molecule has 0 saturated heterocycles. The molecule has 3 rings (SSSR count). The van der Waals surface area contributed by atoms with Crippen molar-refractivity contribution in [2.75, 3.05) is 10.6 Å². The number of aryl methyl sites for hydroxylation is 1. The minimum atomic E-state index is -0.946. The van der Waals surface area contributed by atoms with Crippen LogP contribution in [0.2, 0.25) is 0 Å². The average Bonchev–Trinajstić information content (AvgIpc) is 2.74. The smallest absolute Gasteiger partial charge is 0.291 e. The van der Waals surface area contributed by atoms with Gasteiger partial charge in [-0.05, 0) is 25.1 Å². The zero-order valence-corrected chi connectivity index (χ0v) is 16.9. The molecule has 0 unspecified atom stereocenters. The Labute approximate surface area is 176 Å². The van der Waals surface area contributed by atoms with Gasteiger partial charge in [-0.3, -0.25) is 14.4 Å². The van der Waals surface area contributed by atoms with Gasteiger partial charge in [0.25, 0.3) is 5.56 Å². The maximum atomic E-state index is 13.8. The first kappa shape index (κ1) is 21.8. The van der Waals surface area contributed by atoms with E-state index in [2.05, 4.69) is 15.7 Å². The summed E-state index contributed by atoms with van der Waals surface area (Å²) in [6.45, 7) is 2.94. The van der Waals surface area contributed by atoms with E-state index in [1.807, 2.05) is 19.1 Å². The van der Waals surface area contributed by atoms with Crippen LogP contribution < -0.4 is 16.2 Å². The van der Waals surface area contributed by atoms with Crippen molar-refractivity contribution in [1.82, 2.24) is 9.78 Å².